The largest absolute Gasteiger partial charge is 0.393 e. The van der Waals surface area contributed by atoms with Crippen LogP contribution in [-0.4, -0.2) is 24.3 Å². The van der Waals surface area contributed by atoms with Crippen molar-refractivity contribution in [3.63, 3.8) is 0 Å². The molecule has 2 unspecified atom stereocenters. The van der Waals surface area contributed by atoms with Crippen LogP contribution in [0.3, 0.4) is 0 Å². The minimum Gasteiger partial charge on any atom is -0.393 e. The van der Waals surface area contributed by atoms with E-state index in [0.717, 1.165) is 19.5 Å². The van der Waals surface area contributed by atoms with Crippen molar-refractivity contribution in [2.24, 2.45) is 0 Å². The summed E-state index contributed by atoms with van der Waals surface area (Å²) in [6, 6.07) is 6.49. The number of aliphatic hydroxyl groups is 1. The monoisotopic (exact) mass is 219 g/mol. The summed E-state index contributed by atoms with van der Waals surface area (Å²) >= 11 is 0. The van der Waals surface area contributed by atoms with E-state index in [2.05, 4.69) is 36.9 Å². The van der Waals surface area contributed by atoms with Crippen LogP contribution in [0.25, 0.3) is 0 Å². The van der Waals surface area contributed by atoms with E-state index in [-0.39, 0.29) is 6.10 Å². The second kappa shape index (κ2) is 4.46. The van der Waals surface area contributed by atoms with Gasteiger partial charge in [0.25, 0.3) is 0 Å². The van der Waals surface area contributed by atoms with Gasteiger partial charge in [0.2, 0.25) is 0 Å². The number of rotatable bonds is 3. The van der Waals surface area contributed by atoms with E-state index in [1.807, 2.05) is 6.92 Å². The molecule has 0 saturated heterocycles. The van der Waals surface area contributed by atoms with Crippen molar-refractivity contribution < 1.29 is 5.11 Å². The molecule has 2 atom stereocenters. The van der Waals surface area contributed by atoms with Crippen molar-refractivity contribution in [2.45, 2.75) is 39.2 Å². The van der Waals surface area contributed by atoms with Gasteiger partial charge in [-0.05, 0) is 25.0 Å². The molecule has 2 heteroatoms. The van der Waals surface area contributed by atoms with Gasteiger partial charge in [0.1, 0.15) is 0 Å². The highest BCUT2D eigenvalue weighted by atomic mass is 16.3. The zero-order valence-corrected chi connectivity index (χ0v) is 10.4. The van der Waals surface area contributed by atoms with E-state index in [1.165, 1.54) is 16.8 Å². The Balaban J connectivity index is 2.41. The quantitative estimate of drug-likeness (QED) is 0.844. The lowest BCUT2D eigenvalue weighted by molar-refractivity contribution is 0.195. The predicted molar refractivity (Wildman–Crippen MR) is 68.1 cm³/mol. The number of nitrogens with zero attached hydrogens (tertiary/aromatic N) is 1. The van der Waals surface area contributed by atoms with Crippen LogP contribution < -0.4 is 4.90 Å². The third-order valence-corrected chi connectivity index (χ3v) is 3.39. The standard InChI is InChI=1S/C14H21NO/c1-4-15-9-10(2)13-7-5-6-12(14(13)15)8-11(3)16/h5-7,10-11,16H,4,8-9H2,1-3H3. The Morgan fingerprint density at radius 1 is 1.50 bits per heavy atom. The molecule has 0 aromatic heterocycles. The van der Waals surface area contributed by atoms with Crippen molar-refractivity contribution in [1.29, 1.82) is 0 Å². The molecule has 0 spiro atoms. The molecular weight excluding hydrogens is 198 g/mol. The van der Waals surface area contributed by atoms with E-state index >= 15 is 0 Å². The van der Waals surface area contributed by atoms with Crippen LogP contribution in [0.15, 0.2) is 18.2 Å². The average molecular weight is 219 g/mol. The number of fused-ring (bicyclic) bond motifs is 1. The molecule has 0 bridgehead atoms. The summed E-state index contributed by atoms with van der Waals surface area (Å²) in [5.74, 6) is 0.615. The molecule has 1 aliphatic rings. The van der Waals surface area contributed by atoms with Gasteiger partial charge in [-0.2, -0.15) is 0 Å². The molecule has 2 nitrogen and oxygen atoms in total. The maximum atomic E-state index is 9.54. The Hall–Kier alpha value is -1.02. The normalized spacial score (nSPS) is 21.0. The molecule has 0 aliphatic carbocycles. The Morgan fingerprint density at radius 3 is 2.88 bits per heavy atom. The molecule has 0 saturated carbocycles. The molecule has 2 rings (SSSR count). The molecule has 1 aromatic carbocycles. The third-order valence-electron chi connectivity index (χ3n) is 3.39. The number of aliphatic hydroxyl groups excluding tert-OH is 1. The van der Waals surface area contributed by atoms with E-state index < -0.39 is 0 Å². The Labute approximate surface area is 97.9 Å². The second-order valence-electron chi connectivity index (χ2n) is 4.85. The topological polar surface area (TPSA) is 23.5 Å². The van der Waals surface area contributed by atoms with Gasteiger partial charge in [0, 0.05) is 31.1 Å². The summed E-state index contributed by atoms with van der Waals surface area (Å²) < 4.78 is 0. The first kappa shape index (κ1) is 11.5. The summed E-state index contributed by atoms with van der Waals surface area (Å²) in [7, 11) is 0. The van der Waals surface area contributed by atoms with Gasteiger partial charge in [0.05, 0.1) is 6.10 Å². The highest BCUT2D eigenvalue weighted by Crippen LogP contribution is 2.38. The molecular formula is C14H21NO. The first-order chi connectivity index (χ1) is 7.63. The summed E-state index contributed by atoms with van der Waals surface area (Å²) in [5.41, 5.74) is 4.11. The Morgan fingerprint density at radius 2 is 2.25 bits per heavy atom. The predicted octanol–water partition coefficient (Wildman–Crippen LogP) is 2.55. The van der Waals surface area contributed by atoms with Crippen LogP contribution in [-0.2, 0) is 6.42 Å². The zero-order chi connectivity index (χ0) is 11.7. The molecule has 1 aliphatic heterocycles. The van der Waals surface area contributed by atoms with Crippen molar-refractivity contribution in [3.8, 4) is 0 Å². The van der Waals surface area contributed by atoms with E-state index in [4.69, 9.17) is 0 Å². The minimum absolute atomic E-state index is 0.263. The fourth-order valence-electron chi connectivity index (χ4n) is 2.68. The highest BCUT2D eigenvalue weighted by molar-refractivity contribution is 5.65. The van der Waals surface area contributed by atoms with Crippen LogP contribution in [0.4, 0.5) is 5.69 Å². The average Bonchev–Trinajstić information content (AvgIpc) is 2.56. The lowest BCUT2D eigenvalue weighted by Gasteiger charge is -2.21. The molecule has 88 valence electrons. The summed E-state index contributed by atoms with van der Waals surface area (Å²) in [4.78, 5) is 2.43. The first-order valence-electron chi connectivity index (χ1n) is 6.18. The third kappa shape index (κ3) is 1.94. The van der Waals surface area contributed by atoms with Gasteiger partial charge < -0.3 is 10.0 Å². The SMILES string of the molecule is CCN1CC(C)c2cccc(CC(C)O)c21. The molecule has 1 aromatic rings. The van der Waals surface area contributed by atoms with Gasteiger partial charge in [-0.1, -0.05) is 25.1 Å². The van der Waals surface area contributed by atoms with Crippen molar-refractivity contribution in [2.75, 3.05) is 18.0 Å². The van der Waals surface area contributed by atoms with Crippen LogP contribution in [0, 0.1) is 0 Å². The minimum atomic E-state index is -0.263. The highest BCUT2D eigenvalue weighted by Gasteiger charge is 2.26. The molecule has 0 radical (unpaired) electrons. The van der Waals surface area contributed by atoms with Crippen LogP contribution >= 0.6 is 0 Å². The van der Waals surface area contributed by atoms with Gasteiger partial charge in [-0.25, -0.2) is 0 Å². The van der Waals surface area contributed by atoms with Crippen LogP contribution in [0.5, 0.6) is 0 Å². The number of hydrogen-bond donors (Lipinski definition) is 1. The summed E-state index contributed by atoms with van der Waals surface area (Å²) in [6.07, 6.45) is 0.493. The lowest BCUT2D eigenvalue weighted by atomic mass is 9.98. The van der Waals surface area contributed by atoms with Crippen molar-refractivity contribution in [3.05, 3.63) is 29.3 Å². The summed E-state index contributed by atoms with van der Waals surface area (Å²) in [6.45, 7) is 8.49. The summed E-state index contributed by atoms with van der Waals surface area (Å²) in [5, 5.41) is 9.54. The van der Waals surface area contributed by atoms with E-state index in [1.54, 1.807) is 0 Å². The lowest BCUT2D eigenvalue weighted by Crippen LogP contribution is -2.22. The van der Waals surface area contributed by atoms with E-state index in [0.29, 0.717) is 5.92 Å². The maximum absolute atomic E-state index is 9.54. The molecule has 0 amide bonds. The first-order valence-corrected chi connectivity index (χ1v) is 6.18. The number of likely N-dealkylation sites (N-methyl/N-ethyl adjacent to an activating group) is 1. The van der Waals surface area contributed by atoms with E-state index in [9.17, 15) is 5.11 Å². The number of benzene rings is 1. The van der Waals surface area contributed by atoms with Crippen LogP contribution in [0.1, 0.15) is 37.8 Å². The maximum Gasteiger partial charge on any atom is 0.0553 e. The number of hydrogen-bond acceptors (Lipinski definition) is 2. The van der Waals surface area contributed by atoms with Gasteiger partial charge in [-0.3, -0.25) is 0 Å². The van der Waals surface area contributed by atoms with Gasteiger partial charge >= 0.3 is 0 Å². The zero-order valence-electron chi connectivity index (χ0n) is 10.4. The Bertz CT molecular complexity index is 373. The molecule has 1 N–H and O–H groups in total. The molecule has 16 heavy (non-hydrogen) atoms. The van der Waals surface area contributed by atoms with Gasteiger partial charge in [-0.15, -0.1) is 0 Å². The van der Waals surface area contributed by atoms with Crippen molar-refractivity contribution in [1.82, 2.24) is 0 Å². The van der Waals surface area contributed by atoms with Crippen molar-refractivity contribution >= 4 is 5.69 Å². The fraction of sp³-hybridized carbons (Fsp3) is 0.571. The smallest absolute Gasteiger partial charge is 0.0553 e. The fourth-order valence-corrected chi connectivity index (χ4v) is 2.68. The number of para-hydroxylation sites is 1. The second-order valence-corrected chi connectivity index (χ2v) is 4.85. The number of anilines is 1. The molecule has 1 heterocycles. The van der Waals surface area contributed by atoms with Crippen LogP contribution in [0.2, 0.25) is 0 Å². The van der Waals surface area contributed by atoms with Gasteiger partial charge in [0.15, 0.2) is 0 Å². The Kier molecular flexibility index (Phi) is 3.20. The molecule has 0 fully saturated rings.